The van der Waals surface area contributed by atoms with Crippen molar-refractivity contribution in [1.82, 2.24) is 9.88 Å². The zero-order valence-corrected chi connectivity index (χ0v) is 14.2. The van der Waals surface area contributed by atoms with Crippen LogP contribution in [0.4, 0.5) is 4.79 Å². The molecule has 0 aromatic carbocycles. The van der Waals surface area contributed by atoms with E-state index in [0.717, 1.165) is 17.7 Å². The largest absolute Gasteiger partial charge is 0.444 e. The maximum Gasteiger partial charge on any atom is 0.410 e. The number of carbonyl (C=O) groups excluding carboxylic acids is 1. The lowest BCUT2D eigenvalue weighted by Gasteiger charge is -2.27. The van der Waals surface area contributed by atoms with Gasteiger partial charge in [0.25, 0.3) is 0 Å². The third-order valence-corrected chi connectivity index (χ3v) is 3.76. The number of aromatic nitrogens is 1. The monoisotopic (exact) mass is 306 g/mol. The molecule has 0 spiro atoms. The fourth-order valence-corrected chi connectivity index (χ4v) is 2.45. The summed E-state index contributed by atoms with van der Waals surface area (Å²) in [5.41, 5.74) is 1.25. The van der Waals surface area contributed by atoms with Gasteiger partial charge in [-0.2, -0.15) is 0 Å². The van der Waals surface area contributed by atoms with E-state index in [2.05, 4.69) is 4.98 Å². The van der Waals surface area contributed by atoms with Crippen LogP contribution in [0, 0.1) is 6.92 Å². The Morgan fingerprint density at radius 3 is 2.82 bits per heavy atom. The first-order chi connectivity index (χ1) is 10.2. The summed E-state index contributed by atoms with van der Waals surface area (Å²) in [5, 5.41) is 0. The quantitative estimate of drug-likeness (QED) is 0.859. The van der Waals surface area contributed by atoms with Crippen molar-refractivity contribution in [2.24, 2.45) is 0 Å². The highest BCUT2D eigenvalue weighted by Gasteiger charge is 2.38. The molecular weight excluding hydrogens is 280 g/mol. The fourth-order valence-electron chi connectivity index (χ4n) is 2.45. The van der Waals surface area contributed by atoms with Gasteiger partial charge in [0.05, 0.1) is 24.4 Å². The molecule has 0 N–H and O–H groups in total. The van der Waals surface area contributed by atoms with Gasteiger partial charge < -0.3 is 14.4 Å². The molecule has 1 fully saturated rings. The van der Waals surface area contributed by atoms with Gasteiger partial charge in [0, 0.05) is 12.7 Å². The number of ether oxygens (including phenoxy) is 2. The van der Waals surface area contributed by atoms with Gasteiger partial charge >= 0.3 is 6.09 Å². The normalized spacial score (nSPS) is 22.0. The average molecular weight is 306 g/mol. The molecule has 1 aromatic heterocycles. The van der Waals surface area contributed by atoms with Crippen LogP contribution in [0.15, 0.2) is 18.3 Å². The van der Waals surface area contributed by atoms with E-state index >= 15 is 0 Å². The Hall–Kier alpha value is -1.62. The predicted molar refractivity (Wildman–Crippen MR) is 84.6 cm³/mol. The second-order valence-electron chi connectivity index (χ2n) is 7.16. The first-order valence-corrected chi connectivity index (χ1v) is 7.71. The summed E-state index contributed by atoms with van der Waals surface area (Å²) in [5.74, 6) is 0. The van der Waals surface area contributed by atoms with Crippen LogP contribution < -0.4 is 0 Å². The molecule has 0 aliphatic carbocycles. The molecule has 1 aliphatic rings. The molecule has 5 heteroatoms. The highest BCUT2D eigenvalue weighted by atomic mass is 16.6. The summed E-state index contributed by atoms with van der Waals surface area (Å²) >= 11 is 0. The number of aryl methyl sites for hydroxylation is 1. The number of likely N-dealkylation sites (tertiary alicyclic amines) is 1. The Labute approximate surface area is 132 Å². The molecule has 1 aromatic rings. The minimum Gasteiger partial charge on any atom is -0.444 e. The molecule has 2 rings (SSSR count). The Morgan fingerprint density at radius 1 is 1.45 bits per heavy atom. The lowest BCUT2D eigenvalue weighted by molar-refractivity contribution is -0.0388. The number of hydrogen-bond acceptors (Lipinski definition) is 4. The summed E-state index contributed by atoms with van der Waals surface area (Å²) < 4.78 is 11.5. The zero-order chi connectivity index (χ0) is 16.4. The number of hydrogen-bond donors (Lipinski definition) is 0. The van der Waals surface area contributed by atoms with Gasteiger partial charge in [-0.15, -0.1) is 0 Å². The number of carbonyl (C=O) groups is 1. The molecule has 1 unspecified atom stereocenters. The SMILES string of the molecule is Cc1cccnc1COC1(C)CCN(C(=O)OC(C)(C)C)C1. The third-order valence-electron chi connectivity index (χ3n) is 3.76. The van der Waals surface area contributed by atoms with E-state index in [-0.39, 0.29) is 11.7 Å². The Bertz CT molecular complexity index is 539. The summed E-state index contributed by atoms with van der Waals surface area (Å²) in [4.78, 5) is 18.2. The van der Waals surface area contributed by atoms with Crippen molar-refractivity contribution < 1.29 is 14.3 Å². The molecule has 1 atom stereocenters. The number of rotatable bonds is 3. The van der Waals surface area contributed by atoms with Gasteiger partial charge in [0.2, 0.25) is 0 Å². The van der Waals surface area contributed by atoms with Crippen LogP contribution in [0.2, 0.25) is 0 Å². The van der Waals surface area contributed by atoms with Crippen LogP contribution in [-0.2, 0) is 16.1 Å². The van der Waals surface area contributed by atoms with Crippen LogP contribution in [0.5, 0.6) is 0 Å². The highest BCUT2D eigenvalue weighted by molar-refractivity contribution is 5.68. The summed E-state index contributed by atoms with van der Waals surface area (Å²) in [6.45, 7) is 11.4. The fraction of sp³-hybridized carbons (Fsp3) is 0.647. The van der Waals surface area contributed by atoms with E-state index in [1.165, 1.54) is 0 Å². The van der Waals surface area contributed by atoms with Crippen molar-refractivity contribution in [2.45, 2.75) is 58.8 Å². The minimum atomic E-state index is -0.470. The molecule has 0 radical (unpaired) electrons. The highest BCUT2D eigenvalue weighted by Crippen LogP contribution is 2.27. The zero-order valence-electron chi connectivity index (χ0n) is 14.2. The number of nitrogens with zero attached hydrogens (tertiary/aromatic N) is 2. The van der Waals surface area contributed by atoms with E-state index in [4.69, 9.17) is 9.47 Å². The molecule has 22 heavy (non-hydrogen) atoms. The molecule has 0 bridgehead atoms. The molecule has 1 amide bonds. The Kier molecular flexibility index (Phi) is 4.75. The van der Waals surface area contributed by atoms with Gasteiger partial charge in [0.15, 0.2) is 0 Å². The molecule has 122 valence electrons. The van der Waals surface area contributed by atoms with Gasteiger partial charge in [-0.05, 0) is 52.7 Å². The Balaban J connectivity index is 1.91. The van der Waals surface area contributed by atoms with Crippen LogP contribution >= 0.6 is 0 Å². The summed E-state index contributed by atoms with van der Waals surface area (Å²) in [6.07, 6.45) is 2.31. The van der Waals surface area contributed by atoms with Gasteiger partial charge in [-0.1, -0.05) is 6.07 Å². The van der Waals surface area contributed by atoms with Crippen LogP contribution in [0.1, 0.15) is 45.4 Å². The predicted octanol–water partition coefficient (Wildman–Crippen LogP) is 3.31. The van der Waals surface area contributed by atoms with Crippen molar-refractivity contribution >= 4 is 6.09 Å². The first kappa shape index (κ1) is 16.7. The van der Waals surface area contributed by atoms with Crippen molar-refractivity contribution in [3.8, 4) is 0 Å². The van der Waals surface area contributed by atoms with E-state index in [9.17, 15) is 4.79 Å². The van der Waals surface area contributed by atoms with E-state index < -0.39 is 5.60 Å². The third kappa shape index (κ3) is 4.44. The maximum atomic E-state index is 12.1. The molecule has 5 nitrogen and oxygen atoms in total. The van der Waals surface area contributed by atoms with Gasteiger partial charge in [0.1, 0.15) is 5.60 Å². The minimum absolute atomic E-state index is 0.270. The Morgan fingerprint density at radius 2 is 2.18 bits per heavy atom. The molecule has 0 saturated carbocycles. The lowest BCUT2D eigenvalue weighted by atomic mass is 10.1. The topological polar surface area (TPSA) is 51.7 Å². The number of pyridine rings is 1. The van der Waals surface area contributed by atoms with Crippen LogP contribution in [0.3, 0.4) is 0 Å². The lowest BCUT2D eigenvalue weighted by Crippen LogP contribution is -2.39. The van der Waals surface area contributed by atoms with Crippen molar-refractivity contribution in [1.29, 1.82) is 0 Å². The first-order valence-electron chi connectivity index (χ1n) is 7.71. The molecule has 1 aliphatic heterocycles. The standard InChI is InChI=1S/C17H26N2O3/c1-13-7-6-9-18-14(13)11-21-17(5)8-10-19(12-17)15(20)22-16(2,3)4/h6-7,9H,8,10-12H2,1-5H3. The van der Waals surface area contributed by atoms with Crippen molar-refractivity contribution in [3.05, 3.63) is 29.6 Å². The van der Waals surface area contributed by atoms with Gasteiger partial charge in [-0.25, -0.2) is 4.79 Å². The number of amides is 1. The van der Waals surface area contributed by atoms with Crippen LogP contribution in [0.25, 0.3) is 0 Å². The van der Waals surface area contributed by atoms with Crippen molar-refractivity contribution in [3.63, 3.8) is 0 Å². The van der Waals surface area contributed by atoms with Crippen molar-refractivity contribution in [2.75, 3.05) is 13.1 Å². The van der Waals surface area contributed by atoms with Gasteiger partial charge in [-0.3, -0.25) is 4.98 Å². The van der Waals surface area contributed by atoms with E-state index in [0.29, 0.717) is 19.7 Å². The second kappa shape index (κ2) is 6.24. The van der Waals surface area contributed by atoms with E-state index in [1.54, 1.807) is 11.1 Å². The molecule has 1 saturated heterocycles. The molecular formula is C17H26N2O3. The second-order valence-corrected chi connectivity index (χ2v) is 7.16. The maximum absolute atomic E-state index is 12.1. The van der Waals surface area contributed by atoms with E-state index in [1.807, 2.05) is 46.8 Å². The summed E-state index contributed by atoms with van der Waals surface area (Å²) in [6, 6.07) is 3.94. The average Bonchev–Trinajstić information content (AvgIpc) is 2.79. The van der Waals surface area contributed by atoms with Crippen LogP contribution in [-0.4, -0.2) is 40.3 Å². The smallest absolute Gasteiger partial charge is 0.410 e. The summed E-state index contributed by atoms with van der Waals surface area (Å²) in [7, 11) is 0. The molecule has 2 heterocycles.